The second-order valence-corrected chi connectivity index (χ2v) is 5.03. The highest BCUT2D eigenvalue weighted by Gasteiger charge is 2.15. The van der Waals surface area contributed by atoms with Gasteiger partial charge in [0.05, 0.1) is 11.6 Å². The molecule has 1 atom stereocenters. The summed E-state index contributed by atoms with van der Waals surface area (Å²) in [5.41, 5.74) is 1.52. The van der Waals surface area contributed by atoms with Crippen molar-refractivity contribution >= 4 is 17.4 Å². The first-order chi connectivity index (χ1) is 11.0. The van der Waals surface area contributed by atoms with Crippen molar-refractivity contribution in [3.8, 4) is 11.8 Å². The number of ketones is 1. The smallest absolute Gasteiger partial charge is 0.265 e. The molecule has 0 radical (unpaired) electrons. The van der Waals surface area contributed by atoms with Crippen molar-refractivity contribution < 1.29 is 14.3 Å². The molecule has 0 saturated heterocycles. The van der Waals surface area contributed by atoms with Gasteiger partial charge in [0, 0.05) is 11.3 Å². The van der Waals surface area contributed by atoms with Gasteiger partial charge in [-0.2, -0.15) is 5.26 Å². The number of amides is 1. The molecule has 1 N–H and O–H groups in total. The monoisotopic (exact) mass is 308 g/mol. The number of ether oxygens (including phenoxy) is 1. The van der Waals surface area contributed by atoms with Crippen LogP contribution >= 0.6 is 0 Å². The number of carbonyl (C=O) groups excluding carboxylic acids is 2. The van der Waals surface area contributed by atoms with E-state index in [0.29, 0.717) is 22.6 Å². The van der Waals surface area contributed by atoms with Crippen molar-refractivity contribution in [2.45, 2.75) is 20.0 Å². The highest BCUT2D eigenvalue weighted by molar-refractivity contribution is 5.95. The fourth-order valence-corrected chi connectivity index (χ4v) is 1.96. The van der Waals surface area contributed by atoms with Crippen molar-refractivity contribution in [1.29, 1.82) is 5.26 Å². The predicted octanol–water partition coefficient (Wildman–Crippen LogP) is 3.17. The van der Waals surface area contributed by atoms with Gasteiger partial charge in [-0.25, -0.2) is 0 Å². The van der Waals surface area contributed by atoms with Gasteiger partial charge in [-0.15, -0.1) is 0 Å². The molecule has 2 rings (SSSR count). The molecule has 23 heavy (non-hydrogen) atoms. The molecular formula is C18H16N2O3. The van der Waals surface area contributed by atoms with Gasteiger partial charge in [-0.1, -0.05) is 18.2 Å². The lowest BCUT2D eigenvalue weighted by molar-refractivity contribution is -0.122. The highest BCUT2D eigenvalue weighted by Crippen LogP contribution is 2.16. The van der Waals surface area contributed by atoms with Gasteiger partial charge >= 0.3 is 0 Å². The van der Waals surface area contributed by atoms with E-state index in [-0.39, 0.29) is 11.7 Å². The lowest BCUT2D eigenvalue weighted by atomic mass is 10.1. The molecule has 0 spiro atoms. The summed E-state index contributed by atoms with van der Waals surface area (Å²) in [6.45, 7) is 3.08. The van der Waals surface area contributed by atoms with E-state index < -0.39 is 6.10 Å². The molecule has 0 aromatic heterocycles. The fraction of sp³-hybridized carbons (Fsp3) is 0.167. The van der Waals surface area contributed by atoms with Crippen molar-refractivity contribution in [1.82, 2.24) is 0 Å². The number of hydrogen-bond acceptors (Lipinski definition) is 4. The third-order valence-corrected chi connectivity index (χ3v) is 3.18. The van der Waals surface area contributed by atoms with E-state index >= 15 is 0 Å². The van der Waals surface area contributed by atoms with Crippen LogP contribution in [-0.4, -0.2) is 17.8 Å². The molecule has 0 heterocycles. The molecule has 0 bridgehead atoms. The van der Waals surface area contributed by atoms with Gasteiger partial charge in [0.2, 0.25) is 0 Å². The minimum atomic E-state index is -0.747. The summed E-state index contributed by atoms with van der Waals surface area (Å²) in [5.74, 6) is 0.0420. The second kappa shape index (κ2) is 7.23. The number of Topliss-reactive ketones (excluding diaryl/α,β-unsaturated/α-hetero) is 1. The normalized spacial score (nSPS) is 11.2. The van der Waals surface area contributed by atoms with Gasteiger partial charge in [0.15, 0.2) is 11.9 Å². The minimum absolute atomic E-state index is 0.0686. The summed E-state index contributed by atoms with van der Waals surface area (Å²) in [6, 6.07) is 15.3. The van der Waals surface area contributed by atoms with Crippen LogP contribution in [0.1, 0.15) is 29.8 Å². The van der Waals surface area contributed by atoms with E-state index in [1.807, 2.05) is 6.07 Å². The first-order valence-electron chi connectivity index (χ1n) is 7.08. The molecule has 5 heteroatoms. The van der Waals surface area contributed by atoms with Gasteiger partial charge in [-0.05, 0) is 44.2 Å². The zero-order chi connectivity index (χ0) is 16.8. The second-order valence-electron chi connectivity index (χ2n) is 5.03. The van der Waals surface area contributed by atoms with Crippen LogP contribution in [0.15, 0.2) is 48.5 Å². The number of carbonyl (C=O) groups is 2. The van der Waals surface area contributed by atoms with E-state index in [2.05, 4.69) is 5.32 Å². The summed E-state index contributed by atoms with van der Waals surface area (Å²) in [4.78, 5) is 23.5. The number of nitriles is 1. The molecule has 2 aromatic rings. The van der Waals surface area contributed by atoms with Crippen LogP contribution < -0.4 is 10.1 Å². The Morgan fingerprint density at radius 2 is 1.91 bits per heavy atom. The molecule has 2 aromatic carbocycles. The number of nitrogens with one attached hydrogen (secondary N) is 1. The largest absolute Gasteiger partial charge is 0.481 e. The van der Waals surface area contributed by atoms with Gasteiger partial charge < -0.3 is 10.1 Å². The highest BCUT2D eigenvalue weighted by atomic mass is 16.5. The standard InChI is InChI=1S/C18H16N2O3/c1-12(21)15-6-4-8-17(10-15)23-13(2)18(22)20-16-7-3-5-14(9-16)11-19/h3-10,13H,1-2H3,(H,20,22)/t13-/m0/s1. The van der Waals surface area contributed by atoms with Crippen LogP contribution in [0.25, 0.3) is 0 Å². The molecule has 1 amide bonds. The van der Waals surface area contributed by atoms with E-state index in [1.54, 1.807) is 55.5 Å². The molecule has 0 unspecified atom stereocenters. The number of benzene rings is 2. The number of nitrogens with zero attached hydrogens (tertiary/aromatic N) is 1. The molecule has 0 fully saturated rings. The van der Waals surface area contributed by atoms with Crippen LogP contribution in [0, 0.1) is 11.3 Å². The lowest BCUT2D eigenvalue weighted by Crippen LogP contribution is -2.30. The summed E-state index contributed by atoms with van der Waals surface area (Å²) in [7, 11) is 0. The first-order valence-corrected chi connectivity index (χ1v) is 7.08. The van der Waals surface area contributed by atoms with E-state index in [1.165, 1.54) is 6.92 Å². The average Bonchev–Trinajstić information content (AvgIpc) is 2.55. The van der Waals surface area contributed by atoms with E-state index in [4.69, 9.17) is 10.00 Å². The molecule has 0 aliphatic rings. The maximum absolute atomic E-state index is 12.1. The van der Waals surface area contributed by atoms with Crippen molar-refractivity contribution in [2.75, 3.05) is 5.32 Å². The maximum Gasteiger partial charge on any atom is 0.265 e. The van der Waals surface area contributed by atoms with Gasteiger partial charge in [0.1, 0.15) is 5.75 Å². The third-order valence-electron chi connectivity index (χ3n) is 3.18. The number of rotatable bonds is 5. The Morgan fingerprint density at radius 3 is 2.61 bits per heavy atom. The van der Waals surface area contributed by atoms with Crippen LogP contribution in [-0.2, 0) is 4.79 Å². The Labute approximate surface area is 134 Å². The van der Waals surface area contributed by atoms with E-state index in [9.17, 15) is 9.59 Å². The Hall–Kier alpha value is -3.13. The number of anilines is 1. The first kappa shape index (κ1) is 16.2. The van der Waals surface area contributed by atoms with Crippen LogP contribution in [0.5, 0.6) is 5.75 Å². The molecular weight excluding hydrogens is 292 g/mol. The summed E-state index contributed by atoms with van der Waals surface area (Å²) in [6.07, 6.45) is -0.747. The Kier molecular flexibility index (Phi) is 5.11. The topological polar surface area (TPSA) is 79.2 Å². The molecule has 0 saturated carbocycles. The molecule has 0 aliphatic carbocycles. The Balaban J connectivity index is 2.04. The summed E-state index contributed by atoms with van der Waals surface area (Å²) < 4.78 is 5.57. The minimum Gasteiger partial charge on any atom is -0.481 e. The summed E-state index contributed by atoms with van der Waals surface area (Å²) >= 11 is 0. The molecule has 0 aliphatic heterocycles. The number of hydrogen-bond donors (Lipinski definition) is 1. The van der Waals surface area contributed by atoms with E-state index in [0.717, 1.165) is 0 Å². The zero-order valence-electron chi connectivity index (χ0n) is 12.9. The molecule has 5 nitrogen and oxygen atoms in total. The predicted molar refractivity (Wildman–Crippen MR) is 86.3 cm³/mol. The third kappa shape index (κ3) is 4.42. The summed E-state index contributed by atoms with van der Waals surface area (Å²) in [5, 5.41) is 11.5. The van der Waals surface area contributed by atoms with Crippen LogP contribution in [0.3, 0.4) is 0 Å². The average molecular weight is 308 g/mol. The van der Waals surface area contributed by atoms with Crippen LogP contribution in [0.2, 0.25) is 0 Å². The zero-order valence-corrected chi connectivity index (χ0v) is 12.9. The Morgan fingerprint density at radius 1 is 1.17 bits per heavy atom. The van der Waals surface area contributed by atoms with Crippen LogP contribution in [0.4, 0.5) is 5.69 Å². The SMILES string of the molecule is CC(=O)c1cccc(O[C@@H](C)C(=O)Nc2cccc(C#N)c2)c1. The fourth-order valence-electron chi connectivity index (χ4n) is 1.96. The quantitative estimate of drug-likeness (QED) is 0.860. The van der Waals surface area contributed by atoms with Crippen molar-refractivity contribution in [2.24, 2.45) is 0 Å². The van der Waals surface area contributed by atoms with Gasteiger partial charge in [-0.3, -0.25) is 9.59 Å². The van der Waals surface area contributed by atoms with Crippen molar-refractivity contribution in [3.05, 3.63) is 59.7 Å². The molecule has 116 valence electrons. The lowest BCUT2D eigenvalue weighted by Gasteiger charge is -2.15. The van der Waals surface area contributed by atoms with Gasteiger partial charge in [0.25, 0.3) is 5.91 Å². The maximum atomic E-state index is 12.1. The Bertz CT molecular complexity index is 778. The van der Waals surface area contributed by atoms with Crippen molar-refractivity contribution in [3.63, 3.8) is 0 Å².